The molecule has 1 rings (SSSR count). The lowest BCUT2D eigenvalue weighted by molar-refractivity contribution is 0.130. The Balaban J connectivity index is 4.10. The highest BCUT2D eigenvalue weighted by molar-refractivity contribution is 5.00. The number of nitrogens with two attached hydrogens (primary N) is 9. The molecule has 0 radical (unpaired) electrons. The van der Waals surface area contributed by atoms with E-state index in [9.17, 15) is 14.4 Å². The van der Waals surface area contributed by atoms with Crippen LogP contribution >= 0.6 is 0 Å². The van der Waals surface area contributed by atoms with Crippen LogP contribution in [0, 0.1) is 0 Å². The zero-order chi connectivity index (χ0) is 28.1. The van der Waals surface area contributed by atoms with Crippen molar-refractivity contribution in [3.05, 3.63) is 31.5 Å². The van der Waals surface area contributed by atoms with Crippen molar-refractivity contribution in [2.24, 2.45) is 51.6 Å². The van der Waals surface area contributed by atoms with Gasteiger partial charge in [0.1, 0.15) is 0 Å². The van der Waals surface area contributed by atoms with Crippen LogP contribution in [0.1, 0.15) is 78.6 Å². The zero-order valence-electron chi connectivity index (χ0n) is 21.9. The van der Waals surface area contributed by atoms with Crippen molar-refractivity contribution >= 4 is 0 Å². The Bertz CT molecular complexity index is 868. The molecule has 18 N–H and O–H groups in total. The second-order valence-electron chi connectivity index (χ2n) is 9.76. The van der Waals surface area contributed by atoms with Gasteiger partial charge in [0, 0.05) is 0 Å². The molecule has 0 spiro atoms. The number of rotatable bonds is 15. The predicted octanol–water partition coefficient (Wildman–Crippen LogP) is -3.69. The summed E-state index contributed by atoms with van der Waals surface area (Å²) < 4.78 is 1.24. The zero-order valence-corrected chi connectivity index (χ0v) is 21.9. The van der Waals surface area contributed by atoms with E-state index in [1.54, 1.807) is 0 Å². The van der Waals surface area contributed by atoms with Crippen LogP contribution in [0.15, 0.2) is 14.4 Å². The average molecular weight is 517 g/mol. The van der Waals surface area contributed by atoms with Crippen LogP contribution in [0.3, 0.4) is 0 Å². The summed E-state index contributed by atoms with van der Waals surface area (Å²) in [5.41, 5.74) is 52.4. The Morgan fingerprint density at radius 3 is 0.889 bits per heavy atom. The van der Waals surface area contributed by atoms with Gasteiger partial charge in [-0.3, -0.25) is 34.4 Å². The molecule has 0 saturated carbocycles. The SMILES string of the molecule is CCCCC(N)C(N)(N)n1c(=O)n(C(N)(N)C(N)CCCC)c(=O)n(C(N)(N)C(N)CCCC)c1=O. The first kappa shape index (κ1) is 32.1. The summed E-state index contributed by atoms with van der Waals surface area (Å²) in [5, 5.41) is 0. The molecule has 1 aromatic rings. The van der Waals surface area contributed by atoms with E-state index in [4.69, 9.17) is 51.6 Å². The Labute approximate surface area is 211 Å². The molecule has 0 fully saturated rings. The Morgan fingerprint density at radius 1 is 0.528 bits per heavy atom. The molecule has 0 aliphatic rings. The van der Waals surface area contributed by atoms with E-state index in [2.05, 4.69) is 0 Å². The third-order valence-electron chi connectivity index (χ3n) is 6.70. The third kappa shape index (κ3) is 6.30. The van der Waals surface area contributed by atoms with E-state index < -0.39 is 52.6 Å². The van der Waals surface area contributed by atoms with Crippen LogP contribution in [0.25, 0.3) is 0 Å². The summed E-state index contributed by atoms with van der Waals surface area (Å²) in [7, 11) is 0. The molecule has 36 heavy (non-hydrogen) atoms. The van der Waals surface area contributed by atoms with Crippen molar-refractivity contribution in [3.63, 3.8) is 0 Å². The van der Waals surface area contributed by atoms with E-state index in [-0.39, 0.29) is 19.3 Å². The minimum Gasteiger partial charge on any atom is -0.323 e. The van der Waals surface area contributed by atoms with Crippen molar-refractivity contribution < 1.29 is 0 Å². The number of hydrogen-bond acceptors (Lipinski definition) is 12. The summed E-state index contributed by atoms with van der Waals surface area (Å²) in [4.78, 5) is 41.0. The first-order valence-electron chi connectivity index (χ1n) is 12.6. The van der Waals surface area contributed by atoms with Gasteiger partial charge in [-0.2, -0.15) is 0 Å². The predicted molar refractivity (Wildman–Crippen MR) is 141 cm³/mol. The molecule has 0 aliphatic heterocycles. The Morgan fingerprint density at radius 2 is 0.722 bits per heavy atom. The summed E-state index contributed by atoms with van der Waals surface area (Å²) in [6, 6.07) is -3.21. The molecule has 0 bridgehead atoms. The largest absolute Gasteiger partial charge is 0.341 e. The minimum absolute atomic E-state index is 0.271. The fourth-order valence-corrected chi connectivity index (χ4v) is 4.00. The van der Waals surface area contributed by atoms with Crippen molar-refractivity contribution in [2.75, 3.05) is 0 Å². The lowest BCUT2D eigenvalue weighted by atomic mass is 10.0. The molecule has 210 valence electrons. The highest BCUT2D eigenvalue weighted by Gasteiger charge is 2.43. The van der Waals surface area contributed by atoms with Gasteiger partial charge in [0.2, 0.25) is 0 Å². The normalized spacial score (nSPS) is 15.7. The van der Waals surface area contributed by atoms with Crippen molar-refractivity contribution in [1.29, 1.82) is 0 Å². The summed E-state index contributed by atoms with van der Waals surface area (Å²) in [6.45, 7) is 5.76. The van der Waals surface area contributed by atoms with Gasteiger partial charge in [-0.1, -0.05) is 59.3 Å². The summed E-state index contributed by atoms with van der Waals surface area (Å²) >= 11 is 0. The molecule has 0 amide bonds. The molecular formula is C21H48N12O3. The van der Waals surface area contributed by atoms with Crippen LogP contribution in [-0.4, -0.2) is 31.8 Å². The van der Waals surface area contributed by atoms with Gasteiger partial charge in [-0.25, -0.2) is 28.1 Å². The van der Waals surface area contributed by atoms with Crippen molar-refractivity contribution in [3.8, 4) is 0 Å². The molecular weight excluding hydrogens is 468 g/mol. The quantitative estimate of drug-likeness (QED) is 0.102. The molecule has 0 aromatic carbocycles. The highest BCUT2D eigenvalue weighted by Crippen LogP contribution is 2.13. The highest BCUT2D eigenvalue weighted by atomic mass is 16.2. The van der Waals surface area contributed by atoms with Gasteiger partial charge in [-0.05, 0) is 19.3 Å². The fourth-order valence-electron chi connectivity index (χ4n) is 4.00. The van der Waals surface area contributed by atoms with Gasteiger partial charge >= 0.3 is 17.1 Å². The first-order valence-corrected chi connectivity index (χ1v) is 12.6. The molecule has 0 saturated heterocycles. The number of aromatic nitrogens is 3. The fraction of sp³-hybridized carbons (Fsp3) is 0.857. The molecule has 15 nitrogen and oxygen atoms in total. The van der Waals surface area contributed by atoms with Crippen LogP contribution in [0.5, 0.6) is 0 Å². The van der Waals surface area contributed by atoms with Gasteiger partial charge < -0.3 is 17.2 Å². The lowest BCUT2D eigenvalue weighted by Gasteiger charge is -2.39. The van der Waals surface area contributed by atoms with Crippen LogP contribution in [-0.2, 0) is 17.4 Å². The van der Waals surface area contributed by atoms with Crippen molar-refractivity contribution in [1.82, 2.24) is 13.7 Å². The molecule has 3 unspecified atom stereocenters. The number of hydrogen-bond donors (Lipinski definition) is 9. The van der Waals surface area contributed by atoms with Crippen LogP contribution < -0.4 is 68.7 Å². The molecule has 1 heterocycles. The molecule has 15 heteroatoms. The maximum Gasteiger partial charge on any atom is 0.341 e. The van der Waals surface area contributed by atoms with E-state index >= 15 is 0 Å². The van der Waals surface area contributed by atoms with Gasteiger partial charge in [0.05, 0.1) is 18.1 Å². The Hall–Kier alpha value is -1.95. The van der Waals surface area contributed by atoms with Crippen molar-refractivity contribution in [2.45, 2.75) is 114 Å². The second-order valence-corrected chi connectivity index (χ2v) is 9.76. The van der Waals surface area contributed by atoms with E-state index in [1.807, 2.05) is 20.8 Å². The topological polar surface area (TPSA) is 300 Å². The van der Waals surface area contributed by atoms with Crippen LogP contribution in [0.2, 0.25) is 0 Å². The first-order chi connectivity index (χ1) is 16.5. The van der Waals surface area contributed by atoms with E-state index in [1.165, 1.54) is 0 Å². The average Bonchev–Trinajstić information content (AvgIpc) is 2.78. The molecule has 0 aliphatic carbocycles. The summed E-state index contributed by atoms with van der Waals surface area (Å²) in [6.07, 6.45) is 4.91. The summed E-state index contributed by atoms with van der Waals surface area (Å²) in [5.74, 6) is -6.77. The van der Waals surface area contributed by atoms with E-state index in [0.717, 1.165) is 19.3 Å². The Kier molecular flexibility index (Phi) is 11.2. The monoisotopic (exact) mass is 516 g/mol. The van der Waals surface area contributed by atoms with Crippen LogP contribution in [0.4, 0.5) is 0 Å². The van der Waals surface area contributed by atoms with Gasteiger partial charge in [-0.15, -0.1) is 0 Å². The molecule has 1 aromatic heterocycles. The number of nitrogens with zero attached hydrogens (tertiary/aromatic N) is 3. The minimum atomic E-state index is -2.26. The smallest absolute Gasteiger partial charge is 0.323 e. The number of unbranched alkanes of at least 4 members (excludes halogenated alkanes) is 3. The molecule has 3 atom stereocenters. The van der Waals surface area contributed by atoms with Gasteiger partial charge in [0.25, 0.3) is 0 Å². The second kappa shape index (κ2) is 12.5. The lowest BCUT2D eigenvalue weighted by Crippen LogP contribution is -2.80. The maximum absolute atomic E-state index is 13.7. The maximum atomic E-state index is 13.7. The van der Waals surface area contributed by atoms with Gasteiger partial charge in [0.15, 0.2) is 17.4 Å². The standard InChI is InChI=1S/C21H48N12O3/c1-4-7-10-13(22)19(25,26)31-16(34)32(20(27,28)14(23)11-8-5-2)18(36)33(17(31)35)21(29,30)15(24)12-9-6-3/h13-15H,4-12,22-30H2,1-3H3. The third-order valence-corrected chi connectivity index (χ3v) is 6.70. The van der Waals surface area contributed by atoms with E-state index in [0.29, 0.717) is 33.0 Å².